The molecule has 0 radical (unpaired) electrons. The molecule has 1 aromatic heterocycles. The maximum atomic E-state index is 4.46. The Kier molecular flexibility index (Phi) is 2.99. The molecule has 0 saturated carbocycles. The first-order chi connectivity index (χ1) is 8.33. The fourth-order valence-electron chi connectivity index (χ4n) is 2.54. The quantitative estimate of drug-likeness (QED) is 0.804. The zero-order chi connectivity index (χ0) is 11.7. The largest absolute Gasteiger partial charge is 0.354 e. The van der Waals surface area contributed by atoms with Gasteiger partial charge in [-0.15, -0.1) is 0 Å². The Hall–Kier alpha value is -1.13. The first kappa shape index (κ1) is 11.0. The van der Waals surface area contributed by atoms with Crippen molar-refractivity contribution in [1.82, 2.24) is 15.2 Å². The summed E-state index contributed by atoms with van der Waals surface area (Å²) in [5.74, 6) is 1.14. The van der Waals surface area contributed by atoms with Gasteiger partial charge in [-0.2, -0.15) is 0 Å². The normalized spacial score (nSPS) is 22.5. The van der Waals surface area contributed by atoms with Gasteiger partial charge in [-0.1, -0.05) is 0 Å². The molecule has 3 rings (SSSR count). The maximum Gasteiger partial charge on any atom is 0.128 e. The summed E-state index contributed by atoms with van der Waals surface area (Å²) in [6.45, 7) is 9.01. The minimum atomic E-state index is 0.780. The fourth-order valence-corrected chi connectivity index (χ4v) is 2.54. The Morgan fingerprint density at radius 1 is 1.24 bits per heavy atom. The van der Waals surface area contributed by atoms with Gasteiger partial charge in [0.2, 0.25) is 0 Å². The summed E-state index contributed by atoms with van der Waals surface area (Å²) in [6.07, 6.45) is 1.91. The van der Waals surface area contributed by atoms with Crippen LogP contribution in [0, 0.1) is 6.92 Å². The van der Waals surface area contributed by atoms with Gasteiger partial charge in [-0.05, 0) is 24.6 Å². The van der Waals surface area contributed by atoms with Crippen LogP contribution in [-0.4, -0.2) is 55.2 Å². The summed E-state index contributed by atoms with van der Waals surface area (Å²) in [5, 5.41) is 3.34. The third-order valence-corrected chi connectivity index (χ3v) is 3.82. The van der Waals surface area contributed by atoms with Crippen molar-refractivity contribution in [2.45, 2.75) is 13.0 Å². The van der Waals surface area contributed by atoms with E-state index >= 15 is 0 Å². The van der Waals surface area contributed by atoms with Gasteiger partial charge in [0.25, 0.3) is 0 Å². The van der Waals surface area contributed by atoms with Crippen molar-refractivity contribution in [3.8, 4) is 0 Å². The van der Waals surface area contributed by atoms with Crippen molar-refractivity contribution in [2.75, 3.05) is 44.2 Å². The number of anilines is 1. The van der Waals surface area contributed by atoms with Crippen LogP contribution in [-0.2, 0) is 0 Å². The molecule has 1 aromatic rings. The van der Waals surface area contributed by atoms with E-state index in [1.54, 1.807) is 0 Å². The molecule has 0 amide bonds. The zero-order valence-electron chi connectivity index (χ0n) is 10.4. The van der Waals surface area contributed by atoms with Gasteiger partial charge < -0.3 is 10.2 Å². The van der Waals surface area contributed by atoms with E-state index in [0.717, 1.165) is 24.9 Å². The number of hydrogen-bond donors (Lipinski definition) is 1. The summed E-state index contributed by atoms with van der Waals surface area (Å²) in [7, 11) is 0. The Labute approximate surface area is 103 Å². The minimum Gasteiger partial charge on any atom is -0.354 e. The van der Waals surface area contributed by atoms with Gasteiger partial charge in [-0.3, -0.25) is 4.90 Å². The Morgan fingerprint density at radius 2 is 2.00 bits per heavy atom. The lowest BCUT2D eigenvalue weighted by Gasteiger charge is -2.43. The van der Waals surface area contributed by atoms with Gasteiger partial charge in [0.15, 0.2) is 0 Å². The number of pyridine rings is 1. The van der Waals surface area contributed by atoms with E-state index in [4.69, 9.17) is 0 Å². The van der Waals surface area contributed by atoms with Crippen LogP contribution in [0.5, 0.6) is 0 Å². The van der Waals surface area contributed by atoms with Crippen molar-refractivity contribution in [3.63, 3.8) is 0 Å². The van der Waals surface area contributed by atoms with Gasteiger partial charge >= 0.3 is 0 Å². The molecule has 1 N–H and O–H groups in total. The van der Waals surface area contributed by atoms with E-state index < -0.39 is 0 Å². The third kappa shape index (κ3) is 2.28. The van der Waals surface area contributed by atoms with Crippen LogP contribution in [0.15, 0.2) is 18.3 Å². The van der Waals surface area contributed by atoms with Gasteiger partial charge in [0.05, 0.1) is 0 Å². The molecule has 92 valence electrons. The molecular formula is C13H20N4. The van der Waals surface area contributed by atoms with Crippen LogP contribution < -0.4 is 10.2 Å². The number of nitrogens with zero attached hydrogens (tertiary/aromatic N) is 3. The Balaban J connectivity index is 1.60. The molecule has 2 aliphatic rings. The summed E-state index contributed by atoms with van der Waals surface area (Å²) in [5.41, 5.74) is 1.29. The average Bonchev–Trinajstić information content (AvgIpc) is 2.28. The average molecular weight is 232 g/mol. The highest BCUT2D eigenvalue weighted by Crippen LogP contribution is 2.16. The van der Waals surface area contributed by atoms with Crippen LogP contribution >= 0.6 is 0 Å². The lowest BCUT2D eigenvalue weighted by Crippen LogP contribution is -2.61. The molecule has 0 atom stereocenters. The number of nitrogens with one attached hydrogen (secondary N) is 1. The first-order valence-corrected chi connectivity index (χ1v) is 6.45. The number of piperazine rings is 1. The summed E-state index contributed by atoms with van der Waals surface area (Å²) in [4.78, 5) is 9.46. The van der Waals surface area contributed by atoms with E-state index in [1.165, 1.54) is 31.7 Å². The maximum absolute atomic E-state index is 4.46. The van der Waals surface area contributed by atoms with Crippen molar-refractivity contribution in [3.05, 3.63) is 23.9 Å². The van der Waals surface area contributed by atoms with Crippen LogP contribution in [0.2, 0.25) is 0 Å². The second kappa shape index (κ2) is 4.63. The van der Waals surface area contributed by atoms with Gasteiger partial charge in [-0.25, -0.2) is 4.98 Å². The highest BCUT2D eigenvalue weighted by atomic mass is 15.3. The third-order valence-electron chi connectivity index (χ3n) is 3.82. The second-order valence-electron chi connectivity index (χ2n) is 5.03. The number of aryl methyl sites for hydroxylation is 1. The molecule has 0 aromatic carbocycles. The number of hydrogen-bond acceptors (Lipinski definition) is 4. The highest BCUT2D eigenvalue weighted by Gasteiger charge is 2.27. The van der Waals surface area contributed by atoms with Crippen LogP contribution in [0.25, 0.3) is 0 Å². The predicted molar refractivity (Wildman–Crippen MR) is 69.4 cm³/mol. The predicted octanol–water partition coefficient (Wildman–Crippen LogP) is 0.484. The molecule has 2 fully saturated rings. The molecule has 3 heterocycles. The molecular weight excluding hydrogens is 212 g/mol. The fraction of sp³-hybridized carbons (Fsp3) is 0.615. The van der Waals surface area contributed by atoms with E-state index in [9.17, 15) is 0 Å². The SMILES string of the molecule is Cc1ccnc(N2CCN(C3CNC3)CC2)c1. The summed E-state index contributed by atoms with van der Waals surface area (Å²) < 4.78 is 0. The first-order valence-electron chi connectivity index (χ1n) is 6.45. The molecule has 0 aliphatic carbocycles. The van der Waals surface area contributed by atoms with Crippen molar-refractivity contribution >= 4 is 5.82 Å². The standard InChI is InChI=1S/C13H20N4/c1-11-2-3-15-13(8-11)17-6-4-16(5-7-17)12-9-14-10-12/h2-3,8,12,14H,4-7,9-10H2,1H3. The van der Waals surface area contributed by atoms with E-state index in [-0.39, 0.29) is 0 Å². The Bertz CT molecular complexity index is 381. The van der Waals surface area contributed by atoms with Crippen LogP contribution in [0.4, 0.5) is 5.82 Å². The minimum absolute atomic E-state index is 0.780. The van der Waals surface area contributed by atoms with Gasteiger partial charge in [0, 0.05) is 51.5 Å². The van der Waals surface area contributed by atoms with Crippen molar-refractivity contribution < 1.29 is 0 Å². The monoisotopic (exact) mass is 232 g/mol. The smallest absolute Gasteiger partial charge is 0.128 e. The molecule has 0 bridgehead atoms. The lowest BCUT2D eigenvalue weighted by atomic mass is 10.1. The number of rotatable bonds is 2. The number of aromatic nitrogens is 1. The zero-order valence-corrected chi connectivity index (χ0v) is 10.4. The van der Waals surface area contributed by atoms with E-state index in [0.29, 0.717) is 0 Å². The summed E-state index contributed by atoms with van der Waals surface area (Å²) in [6, 6.07) is 5.02. The van der Waals surface area contributed by atoms with Crippen LogP contribution in [0.1, 0.15) is 5.56 Å². The topological polar surface area (TPSA) is 31.4 Å². The molecule has 2 aliphatic heterocycles. The molecule has 4 heteroatoms. The van der Waals surface area contributed by atoms with E-state index in [2.05, 4.69) is 39.2 Å². The van der Waals surface area contributed by atoms with Gasteiger partial charge in [0.1, 0.15) is 5.82 Å². The lowest BCUT2D eigenvalue weighted by molar-refractivity contribution is 0.137. The molecule has 17 heavy (non-hydrogen) atoms. The second-order valence-corrected chi connectivity index (χ2v) is 5.03. The Morgan fingerprint density at radius 3 is 2.59 bits per heavy atom. The molecule has 0 unspecified atom stereocenters. The molecule has 0 spiro atoms. The van der Waals surface area contributed by atoms with Crippen molar-refractivity contribution in [2.24, 2.45) is 0 Å². The van der Waals surface area contributed by atoms with E-state index in [1.807, 2.05) is 6.20 Å². The summed E-state index contributed by atoms with van der Waals surface area (Å²) >= 11 is 0. The highest BCUT2D eigenvalue weighted by molar-refractivity contribution is 5.41. The van der Waals surface area contributed by atoms with Crippen LogP contribution in [0.3, 0.4) is 0 Å². The molecule has 4 nitrogen and oxygen atoms in total. The van der Waals surface area contributed by atoms with Crippen molar-refractivity contribution in [1.29, 1.82) is 0 Å². The molecule has 2 saturated heterocycles.